The molecule has 0 amide bonds. The van der Waals surface area contributed by atoms with Crippen LogP contribution in [0.5, 0.6) is 0 Å². The molecule has 0 atom stereocenters. The number of hydrogen-bond acceptors (Lipinski definition) is 4. The molecule has 238 valence electrons. The van der Waals surface area contributed by atoms with Crippen LogP contribution < -0.4 is 27.3 Å². The Labute approximate surface area is 322 Å². The van der Waals surface area contributed by atoms with Crippen molar-refractivity contribution >= 4 is 130 Å². The summed E-state index contributed by atoms with van der Waals surface area (Å²) < 4.78 is 2.32. The molecule has 0 unspecified atom stereocenters. The lowest BCUT2D eigenvalue weighted by atomic mass is 9.60. The molecule has 9 heteroatoms. The number of rotatable bonds is 4. The standard InChI is InChI=1S/C45H22B5N3S/c46-37-36(38(47)40(49)41(50)39(37)48)45-52-43(23-9-2-1-3-10-23)51-44(53-45)25-18-20-32-33-16-8-15-26(42(33)54-35(32)22-25)24-17-19-31-29-13-5-4-11-27(29)28-12-6-7-14-30(28)34(31)21-24/h1-22H. The zero-order chi connectivity index (χ0) is 36.7. The average Bonchev–Trinajstić information content (AvgIpc) is 3.61. The highest BCUT2D eigenvalue weighted by Gasteiger charge is 2.19. The van der Waals surface area contributed by atoms with Crippen molar-refractivity contribution < 1.29 is 0 Å². The molecule has 2 heterocycles. The molecule has 0 saturated carbocycles. The normalized spacial score (nSPS) is 11.7. The Bertz CT molecular complexity index is 3120. The van der Waals surface area contributed by atoms with Crippen LogP contribution in [-0.4, -0.2) is 54.2 Å². The Hall–Kier alpha value is -5.91. The Morgan fingerprint density at radius 2 is 0.852 bits per heavy atom. The second kappa shape index (κ2) is 12.6. The van der Waals surface area contributed by atoms with Crippen LogP contribution in [0.25, 0.3) is 97.8 Å². The third kappa shape index (κ3) is 5.06. The van der Waals surface area contributed by atoms with Crippen LogP contribution in [0.4, 0.5) is 0 Å². The maximum absolute atomic E-state index is 6.49. The maximum atomic E-state index is 6.49. The van der Waals surface area contributed by atoms with Gasteiger partial charge in [-0.15, -0.1) is 27.7 Å². The molecule has 10 rings (SSSR count). The first kappa shape index (κ1) is 32.7. The molecule has 0 saturated heterocycles. The number of nitrogens with zero attached hydrogens (tertiary/aromatic N) is 3. The summed E-state index contributed by atoms with van der Waals surface area (Å²) >= 11 is 1.76. The Balaban J connectivity index is 1.15. The van der Waals surface area contributed by atoms with Crippen LogP contribution in [0.1, 0.15) is 0 Å². The Morgan fingerprint density at radius 3 is 1.52 bits per heavy atom. The average molecular weight is 691 g/mol. The molecule has 0 aliphatic heterocycles. The van der Waals surface area contributed by atoms with Crippen LogP contribution in [0.3, 0.4) is 0 Å². The van der Waals surface area contributed by atoms with E-state index in [0.29, 0.717) is 17.2 Å². The largest absolute Gasteiger partial charge is 0.208 e. The van der Waals surface area contributed by atoms with E-state index in [1.807, 2.05) is 36.4 Å². The highest BCUT2D eigenvalue weighted by Crippen LogP contribution is 2.43. The molecular formula is C45H22B5N3S. The summed E-state index contributed by atoms with van der Waals surface area (Å²) in [5, 5.41) is 9.88. The summed E-state index contributed by atoms with van der Waals surface area (Å²) in [4.78, 5) is 14.6. The molecule has 3 nitrogen and oxygen atoms in total. The molecule has 0 N–H and O–H groups in total. The predicted molar refractivity (Wildman–Crippen MR) is 234 cm³/mol. The number of benzene rings is 8. The summed E-state index contributed by atoms with van der Waals surface area (Å²) in [6.45, 7) is 0. The van der Waals surface area contributed by atoms with E-state index in [9.17, 15) is 0 Å². The fraction of sp³-hybridized carbons (Fsp3) is 0. The number of thiophene rings is 1. The molecular weight excluding hydrogens is 669 g/mol. The van der Waals surface area contributed by atoms with E-state index in [1.165, 1.54) is 53.5 Å². The molecule has 10 aromatic rings. The van der Waals surface area contributed by atoms with E-state index in [-0.39, 0.29) is 33.1 Å². The SMILES string of the molecule is [B]c1c([B])c([B])c(-c2nc(-c3ccccc3)nc(-c3ccc4c(c3)sc3c(-c5ccc6c7ccccc7c7ccccc7c6c5)cccc34)n2)c([B])c1[B]. The van der Waals surface area contributed by atoms with E-state index >= 15 is 0 Å². The third-order valence-corrected chi connectivity index (χ3v) is 11.6. The number of fused-ring (bicyclic) bond motifs is 9. The van der Waals surface area contributed by atoms with Gasteiger partial charge in [-0.1, -0.05) is 132 Å². The molecule has 2 aromatic heterocycles. The third-order valence-electron chi connectivity index (χ3n) is 10.4. The van der Waals surface area contributed by atoms with E-state index in [0.717, 1.165) is 21.2 Å². The van der Waals surface area contributed by atoms with Crippen LogP contribution in [-0.2, 0) is 0 Å². The van der Waals surface area contributed by atoms with Gasteiger partial charge >= 0.3 is 0 Å². The summed E-state index contributed by atoms with van der Waals surface area (Å²) in [5.74, 6) is 1.17. The molecule has 0 aliphatic rings. The molecule has 0 bridgehead atoms. The first-order valence-corrected chi connectivity index (χ1v) is 18.3. The fourth-order valence-corrected chi connectivity index (χ4v) is 8.94. The predicted octanol–water partition coefficient (Wildman–Crippen LogP) is 6.34. The van der Waals surface area contributed by atoms with Gasteiger partial charge in [-0.05, 0) is 55.6 Å². The van der Waals surface area contributed by atoms with Gasteiger partial charge in [-0.3, -0.25) is 0 Å². The van der Waals surface area contributed by atoms with E-state index in [1.54, 1.807) is 11.3 Å². The Morgan fingerprint density at radius 1 is 0.352 bits per heavy atom. The van der Waals surface area contributed by atoms with Gasteiger partial charge in [-0.2, -0.15) is 0 Å². The Kier molecular flexibility index (Phi) is 7.64. The highest BCUT2D eigenvalue weighted by atomic mass is 32.1. The topological polar surface area (TPSA) is 38.7 Å². The molecule has 54 heavy (non-hydrogen) atoms. The maximum Gasteiger partial charge on any atom is 0.164 e. The quantitative estimate of drug-likeness (QED) is 0.160. The molecule has 0 fully saturated rings. The number of hydrogen-bond donors (Lipinski definition) is 0. The van der Waals surface area contributed by atoms with E-state index in [2.05, 4.69) is 97.1 Å². The van der Waals surface area contributed by atoms with Crippen molar-refractivity contribution in [2.75, 3.05) is 0 Å². The van der Waals surface area contributed by atoms with Crippen molar-refractivity contribution in [3.05, 3.63) is 133 Å². The van der Waals surface area contributed by atoms with E-state index < -0.39 is 0 Å². The van der Waals surface area contributed by atoms with Crippen molar-refractivity contribution in [3.63, 3.8) is 0 Å². The minimum Gasteiger partial charge on any atom is -0.208 e. The second-order valence-electron chi connectivity index (χ2n) is 13.5. The lowest BCUT2D eigenvalue weighted by Crippen LogP contribution is -2.55. The van der Waals surface area contributed by atoms with Gasteiger partial charge in [0.25, 0.3) is 0 Å². The van der Waals surface area contributed by atoms with Crippen molar-refractivity contribution in [1.82, 2.24) is 15.0 Å². The summed E-state index contributed by atoms with van der Waals surface area (Å²) in [6.07, 6.45) is 0. The van der Waals surface area contributed by atoms with Gasteiger partial charge in [-0.25, -0.2) is 15.0 Å². The van der Waals surface area contributed by atoms with E-state index in [4.69, 9.17) is 54.2 Å². The fourth-order valence-electron chi connectivity index (χ4n) is 7.66. The van der Waals surface area contributed by atoms with Gasteiger partial charge in [0.05, 0.1) is 0 Å². The lowest BCUT2D eigenvalue weighted by molar-refractivity contribution is 1.08. The summed E-state index contributed by atoms with van der Waals surface area (Å²) in [7, 11) is 31.6. The van der Waals surface area contributed by atoms with Gasteiger partial charge in [0.1, 0.15) is 39.2 Å². The van der Waals surface area contributed by atoms with Gasteiger partial charge in [0, 0.05) is 36.9 Å². The first-order valence-electron chi connectivity index (χ1n) is 17.5. The molecule has 0 aliphatic carbocycles. The first-order chi connectivity index (χ1) is 26.4. The second-order valence-corrected chi connectivity index (χ2v) is 14.5. The lowest BCUT2D eigenvalue weighted by Gasteiger charge is -2.20. The van der Waals surface area contributed by atoms with Crippen molar-refractivity contribution in [2.24, 2.45) is 0 Å². The van der Waals surface area contributed by atoms with Crippen LogP contribution in [0, 0.1) is 0 Å². The minimum atomic E-state index is 0.131. The summed E-state index contributed by atoms with van der Waals surface area (Å²) in [5.41, 5.74) is 5.03. The zero-order valence-electron chi connectivity index (χ0n) is 28.8. The van der Waals surface area contributed by atoms with Gasteiger partial charge < -0.3 is 0 Å². The zero-order valence-corrected chi connectivity index (χ0v) is 29.7. The molecule has 0 spiro atoms. The van der Waals surface area contributed by atoms with Crippen molar-refractivity contribution in [2.45, 2.75) is 0 Å². The van der Waals surface area contributed by atoms with Crippen LogP contribution >= 0.6 is 11.3 Å². The van der Waals surface area contributed by atoms with Gasteiger partial charge in [0.2, 0.25) is 0 Å². The molecule has 8 aromatic carbocycles. The number of aromatic nitrogens is 3. The van der Waals surface area contributed by atoms with Crippen molar-refractivity contribution in [1.29, 1.82) is 0 Å². The highest BCUT2D eigenvalue weighted by molar-refractivity contribution is 7.26. The van der Waals surface area contributed by atoms with Crippen LogP contribution in [0.15, 0.2) is 133 Å². The van der Waals surface area contributed by atoms with Crippen LogP contribution in [0.2, 0.25) is 0 Å². The smallest absolute Gasteiger partial charge is 0.164 e. The van der Waals surface area contributed by atoms with Gasteiger partial charge in [0.15, 0.2) is 17.5 Å². The summed E-state index contributed by atoms with van der Waals surface area (Å²) in [6, 6.07) is 46.8. The molecule has 10 radical (unpaired) electrons. The van der Waals surface area contributed by atoms with Crippen molar-refractivity contribution in [3.8, 4) is 45.3 Å². The minimum absolute atomic E-state index is 0.131. The monoisotopic (exact) mass is 691 g/mol.